The number of hydrogen-bond acceptors (Lipinski definition) is 4. The molecule has 162 valence electrons. The molecular weight excluding hydrogens is 392 g/mol. The lowest BCUT2D eigenvalue weighted by Crippen LogP contribution is -2.14. The number of esters is 1. The molecule has 1 heterocycles. The van der Waals surface area contributed by atoms with Crippen LogP contribution in [0.2, 0.25) is 0 Å². The molecule has 31 heavy (non-hydrogen) atoms. The van der Waals surface area contributed by atoms with Gasteiger partial charge in [-0.3, -0.25) is 9.59 Å². The van der Waals surface area contributed by atoms with Crippen molar-refractivity contribution < 1.29 is 19.4 Å². The maximum atomic E-state index is 12.4. The normalized spacial score (nSPS) is 10.8. The number of primary amides is 1. The van der Waals surface area contributed by atoms with E-state index in [-0.39, 0.29) is 11.7 Å². The van der Waals surface area contributed by atoms with Gasteiger partial charge in [-0.15, -0.1) is 0 Å². The van der Waals surface area contributed by atoms with Crippen LogP contribution in [0.4, 0.5) is 0 Å². The number of nitrogens with two attached hydrogens (primary N) is 1. The zero-order valence-corrected chi connectivity index (χ0v) is 18.1. The van der Waals surface area contributed by atoms with Gasteiger partial charge in [0.25, 0.3) is 5.91 Å². The van der Waals surface area contributed by atoms with Crippen molar-refractivity contribution in [2.75, 3.05) is 0 Å². The van der Waals surface area contributed by atoms with E-state index in [1.165, 1.54) is 6.92 Å². The third-order valence-corrected chi connectivity index (χ3v) is 5.33. The molecule has 3 rings (SSSR count). The number of aromatic hydroxyl groups is 1. The Kier molecular flexibility index (Phi) is 6.80. The predicted molar refractivity (Wildman–Crippen MR) is 120 cm³/mol. The lowest BCUT2D eigenvalue weighted by Gasteiger charge is -2.13. The monoisotopic (exact) mass is 420 g/mol. The van der Waals surface area contributed by atoms with Crippen molar-refractivity contribution in [2.24, 2.45) is 5.73 Å². The van der Waals surface area contributed by atoms with Gasteiger partial charge in [0.1, 0.15) is 11.5 Å². The lowest BCUT2D eigenvalue weighted by molar-refractivity contribution is -0.131. The quantitative estimate of drug-likeness (QED) is 0.417. The van der Waals surface area contributed by atoms with Crippen molar-refractivity contribution >= 4 is 11.9 Å². The van der Waals surface area contributed by atoms with Crippen molar-refractivity contribution in [3.05, 3.63) is 71.0 Å². The van der Waals surface area contributed by atoms with Crippen LogP contribution in [0.5, 0.6) is 11.5 Å². The van der Waals surface area contributed by atoms with E-state index in [0.717, 1.165) is 47.3 Å². The Balaban J connectivity index is 2.04. The summed E-state index contributed by atoms with van der Waals surface area (Å²) in [5, 5.41) is 9.51. The van der Waals surface area contributed by atoms with E-state index in [1.807, 2.05) is 31.2 Å². The van der Waals surface area contributed by atoms with Gasteiger partial charge in [0.05, 0.1) is 5.56 Å². The first-order valence-electron chi connectivity index (χ1n) is 10.4. The lowest BCUT2D eigenvalue weighted by atomic mass is 9.98. The number of ether oxygens (including phenoxy) is 1. The fourth-order valence-electron chi connectivity index (χ4n) is 3.97. The van der Waals surface area contributed by atoms with E-state index < -0.39 is 5.91 Å². The van der Waals surface area contributed by atoms with Crippen LogP contribution in [0.15, 0.2) is 48.5 Å². The molecule has 6 nitrogen and oxygen atoms in total. The zero-order chi connectivity index (χ0) is 22.5. The SMILES string of the molecule is CCCc1c(-c2ccc(OC(C)=O)cc2)c(C(N)=O)c(C)n1CCc1ccc(O)cc1. The molecule has 2 aromatic carbocycles. The van der Waals surface area contributed by atoms with E-state index in [0.29, 0.717) is 17.9 Å². The van der Waals surface area contributed by atoms with Crippen LogP contribution in [0.25, 0.3) is 11.1 Å². The molecule has 3 N–H and O–H groups in total. The molecular formula is C25H28N2O4. The van der Waals surface area contributed by atoms with Gasteiger partial charge in [0.2, 0.25) is 0 Å². The minimum Gasteiger partial charge on any atom is -0.508 e. The summed E-state index contributed by atoms with van der Waals surface area (Å²) in [6, 6.07) is 14.3. The van der Waals surface area contributed by atoms with Crippen LogP contribution in [0.3, 0.4) is 0 Å². The molecule has 0 atom stereocenters. The predicted octanol–water partition coefficient (Wildman–Crippen LogP) is 4.39. The van der Waals surface area contributed by atoms with Crippen molar-refractivity contribution in [2.45, 2.75) is 46.6 Å². The molecule has 0 radical (unpaired) electrons. The highest BCUT2D eigenvalue weighted by molar-refractivity contribution is 6.02. The van der Waals surface area contributed by atoms with Gasteiger partial charge < -0.3 is 20.1 Å². The molecule has 6 heteroatoms. The summed E-state index contributed by atoms with van der Waals surface area (Å²) < 4.78 is 7.30. The minimum absolute atomic E-state index is 0.239. The van der Waals surface area contributed by atoms with Crippen LogP contribution in [-0.4, -0.2) is 21.6 Å². The zero-order valence-electron chi connectivity index (χ0n) is 18.1. The summed E-state index contributed by atoms with van der Waals surface area (Å²) in [5.41, 5.74) is 11.0. The molecule has 1 aromatic heterocycles. The summed E-state index contributed by atoms with van der Waals surface area (Å²) in [4.78, 5) is 23.6. The summed E-state index contributed by atoms with van der Waals surface area (Å²) in [5.74, 6) is -0.147. The van der Waals surface area contributed by atoms with Crippen LogP contribution in [0, 0.1) is 6.92 Å². The minimum atomic E-state index is -0.461. The Morgan fingerprint density at radius 1 is 1.03 bits per heavy atom. The fraction of sp³-hybridized carbons (Fsp3) is 0.280. The Hall–Kier alpha value is -3.54. The number of carbonyl (C=O) groups is 2. The highest BCUT2D eigenvalue weighted by Crippen LogP contribution is 2.35. The smallest absolute Gasteiger partial charge is 0.308 e. The topological polar surface area (TPSA) is 94.5 Å². The summed E-state index contributed by atoms with van der Waals surface area (Å²) in [6.45, 7) is 6.07. The van der Waals surface area contributed by atoms with E-state index in [1.54, 1.807) is 24.3 Å². The van der Waals surface area contributed by atoms with Crippen molar-refractivity contribution in [3.8, 4) is 22.6 Å². The number of hydrogen-bond donors (Lipinski definition) is 2. The number of amides is 1. The molecule has 0 unspecified atom stereocenters. The van der Waals surface area contributed by atoms with Gasteiger partial charge in [-0.1, -0.05) is 37.6 Å². The van der Waals surface area contributed by atoms with Crippen LogP contribution in [-0.2, 0) is 24.2 Å². The van der Waals surface area contributed by atoms with Gasteiger partial charge in [-0.25, -0.2) is 0 Å². The first-order chi connectivity index (χ1) is 14.8. The van der Waals surface area contributed by atoms with Gasteiger partial charge in [0.15, 0.2) is 0 Å². The van der Waals surface area contributed by atoms with Crippen LogP contribution >= 0.6 is 0 Å². The molecule has 0 fully saturated rings. The van der Waals surface area contributed by atoms with Gasteiger partial charge >= 0.3 is 5.97 Å². The number of nitrogens with zero attached hydrogens (tertiary/aromatic N) is 1. The second-order valence-corrected chi connectivity index (χ2v) is 7.58. The Labute approximate surface area is 182 Å². The van der Waals surface area contributed by atoms with E-state index in [2.05, 4.69) is 11.5 Å². The Bertz CT molecular complexity index is 1080. The largest absolute Gasteiger partial charge is 0.508 e. The van der Waals surface area contributed by atoms with Gasteiger partial charge in [-0.05, 0) is 55.2 Å². The van der Waals surface area contributed by atoms with E-state index in [4.69, 9.17) is 10.5 Å². The number of rotatable bonds is 8. The second-order valence-electron chi connectivity index (χ2n) is 7.58. The maximum Gasteiger partial charge on any atom is 0.308 e. The highest BCUT2D eigenvalue weighted by Gasteiger charge is 2.24. The molecule has 3 aromatic rings. The van der Waals surface area contributed by atoms with Gasteiger partial charge in [-0.2, -0.15) is 0 Å². The second kappa shape index (κ2) is 9.51. The van der Waals surface area contributed by atoms with Crippen LogP contribution < -0.4 is 10.5 Å². The molecule has 0 saturated carbocycles. The third kappa shape index (κ3) is 4.97. The first-order valence-corrected chi connectivity index (χ1v) is 10.4. The number of phenolic OH excluding ortho intramolecular Hbond substituents is 1. The number of carbonyl (C=O) groups excluding carboxylic acids is 2. The van der Waals surface area contributed by atoms with Crippen LogP contribution in [0.1, 0.15) is 47.6 Å². The first kappa shape index (κ1) is 22.2. The molecule has 0 bridgehead atoms. The van der Waals surface area contributed by atoms with Gasteiger partial charge in [0, 0.05) is 30.4 Å². The third-order valence-electron chi connectivity index (χ3n) is 5.33. The summed E-state index contributed by atoms with van der Waals surface area (Å²) in [6.07, 6.45) is 2.47. The van der Waals surface area contributed by atoms with Crippen molar-refractivity contribution in [1.82, 2.24) is 4.57 Å². The molecule has 0 aliphatic rings. The number of aromatic nitrogens is 1. The molecule has 0 spiro atoms. The standard InChI is InChI=1S/C25H28N2O4/c1-4-5-22-24(19-8-12-21(13-9-19)31-17(3)28)23(25(26)30)16(2)27(22)15-14-18-6-10-20(29)11-7-18/h6-13,29H,4-5,14-15H2,1-3H3,(H2,26,30). The average Bonchev–Trinajstić information content (AvgIpc) is 3.00. The van der Waals surface area contributed by atoms with Crippen molar-refractivity contribution in [3.63, 3.8) is 0 Å². The summed E-state index contributed by atoms with van der Waals surface area (Å²) in [7, 11) is 0. The summed E-state index contributed by atoms with van der Waals surface area (Å²) >= 11 is 0. The Morgan fingerprint density at radius 3 is 2.23 bits per heavy atom. The molecule has 1 amide bonds. The maximum absolute atomic E-state index is 12.4. The Morgan fingerprint density at radius 2 is 1.68 bits per heavy atom. The number of aryl methyl sites for hydroxylation is 1. The highest BCUT2D eigenvalue weighted by atomic mass is 16.5. The van der Waals surface area contributed by atoms with E-state index in [9.17, 15) is 14.7 Å². The van der Waals surface area contributed by atoms with Crippen molar-refractivity contribution in [1.29, 1.82) is 0 Å². The number of phenols is 1. The molecule has 0 saturated heterocycles. The average molecular weight is 421 g/mol. The molecule has 0 aliphatic carbocycles. The van der Waals surface area contributed by atoms with E-state index >= 15 is 0 Å². The number of benzene rings is 2. The molecule has 0 aliphatic heterocycles. The fourth-order valence-corrected chi connectivity index (χ4v) is 3.97.